The second kappa shape index (κ2) is 4.70. The van der Waals surface area contributed by atoms with Crippen LogP contribution in [0, 0.1) is 11.6 Å². The first kappa shape index (κ1) is 11.2. The summed E-state index contributed by atoms with van der Waals surface area (Å²) < 4.78 is 25.8. The van der Waals surface area contributed by atoms with Gasteiger partial charge in [0.2, 0.25) is 0 Å². The number of Topliss-reactive ketones (excluding diaryl/α,β-unsaturated/α-hetero) is 1. The van der Waals surface area contributed by atoms with Gasteiger partial charge in [-0.25, -0.2) is 8.78 Å². The Morgan fingerprint density at radius 3 is 2.56 bits per heavy atom. The summed E-state index contributed by atoms with van der Waals surface area (Å²) >= 11 is 0. The van der Waals surface area contributed by atoms with Gasteiger partial charge in [-0.05, 0) is 31.5 Å². The Labute approximate surface area is 92.7 Å². The van der Waals surface area contributed by atoms with Crippen LogP contribution in [0.1, 0.15) is 29.6 Å². The molecule has 1 N–H and O–H groups in total. The van der Waals surface area contributed by atoms with E-state index in [0.29, 0.717) is 6.42 Å². The number of benzene rings is 1. The minimum atomic E-state index is -0.706. The fourth-order valence-electron chi connectivity index (χ4n) is 1.99. The van der Waals surface area contributed by atoms with Crippen molar-refractivity contribution in [2.45, 2.75) is 25.3 Å². The van der Waals surface area contributed by atoms with Gasteiger partial charge in [0.15, 0.2) is 5.78 Å². The van der Waals surface area contributed by atoms with Crippen LogP contribution in [0.15, 0.2) is 18.2 Å². The van der Waals surface area contributed by atoms with E-state index in [1.165, 1.54) is 0 Å². The Bertz CT molecular complexity index is 380. The van der Waals surface area contributed by atoms with Crippen LogP contribution >= 0.6 is 0 Å². The van der Waals surface area contributed by atoms with Gasteiger partial charge in [0.1, 0.15) is 11.6 Å². The Hall–Kier alpha value is -1.29. The zero-order chi connectivity index (χ0) is 11.5. The summed E-state index contributed by atoms with van der Waals surface area (Å²) in [7, 11) is 0. The molecule has 1 unspecified atom stereocenters. The molecule has 16 heavy (non-hydrogen) atoms. The van der Waals surface area contributed by atoms with Crippen molar-refractivity contribution < 1.29 is 13.6 Å². The van der Waals surface area contributed by atoms with Crippen LogP contribution in [-0.2, 0) is 0 Å². The summed E-state index contributed by atoms with van der Waals surface area (Å²) in [6.07, 6.45) is 2.31. The second-order valence-electron chi connectivity index (χ2n) is 4.08. The summed E-state index contributed by atoms with van der Waals surface area (Å²) in [6, 6.07) is 3.09. The maximum absolute atomic E-state index is 12.9. The zero-order valence-corrected chi connectivity index (χ0v) is 8.80. The fraction of sp³-hybridized carbons (Fsp3) is 0.417. The van der Waals surface area contributed by atoms with E-state index in [9.17, 15) is 13.6 Å². The maximum atomic E-state index is 12.9. The first-order valence-corrected chi connectivity index (χ1v) is 5.38. The van der Waals surface area contributed by atoms with E-state index in [4.69, 9.17) is 0 Å². The van der Waals surface area contributed by atoms with Crippen LogP contribution in [0.4, 0.5) is 8.78 Å². The number of carbonyl (C=O) groups excluding carboxylic acids is 1. The van der Waals surface area contributed by atoms with Crippen molar-refractivity contribution in [3.63, 3.8) is 0 Å². The fourth-order valence-corrected chi connectivity index (χ4v) is 1.99. The van der Waals surface area contributed by atoms with Crippen molar-refractivity contribution in [1.29, 1.82) is 0 Å². The topological polar surface area (TPSA) is 29.1 Å². The summed E-state index contributed by atoms with van der Waals surface area (Å²) in [4.78, 5) is 11.7. The molecule has 0 spiro atoms. The molecule has 1 aliphatic heterocycles. The first-order valence-electron chi connectivity index (χ1n) is 5.38. The predicted molar refractivity (Wildman–Crippen MR) is 56.3 cm³/mol. The minimum Gasteiger partial charge on any atom is -0.314 e. The monoisotopic (exact) mass is 225 g/mol. The lowest BCUT2D eigenvalue weighted by Crippen LogP contribution is -2.24. The highest BCUT2D eigenvalue weighted by Gasteiger charge is 2.19. The minimum absolute atomic E-state index is 0.117. The predicted octanol–water partition coefficient (Wildman–Crippen LogP) is 2.29. The third-order valence-electron chi connectivity index (χ3n) is 2.78. The van der Waals surface area contributed by atoms with E-state index in [-0.39, 0.29) is 17.4 Å². The lowest BCUT2D eigenvalue weighted by atomic mass is 10.0. The number of carbonyl (C=O) groups is 1. The largest absolute Gasteiger partial charge is 0.314 e. The second-order valence-corrected chi connectivity index (χ2v) is 4.08. The molecule has 1 aliphatic rings. The highest BCUT2D eigenvalue weighted by Crippen LogP contribution is 2.15. The van der Waals surface area contributed by atoms with E-state index < -0.39 is 11.6 Å². The van der Waals surface area contributed by atoms with Crippen LogP contribution in [-0.4, -0.2) is 18.4 Å². The lowest BCUT2D eigenvalue weighted by Gasteiger charge is -2.08. The average Bonchev–Trinajstić information content (AvgIpc) is 2.68. The van der Waals surface area contributed by atoms with Crippen molar-refractivity contribution in [2.75, 3.05) is 6.54 Å². The van der Waals surface area contributed by atoms with E-state index in [0.717, 1.165) is 37.6 Å². The number of ketones is 1. The summed E-state index contributed by atoms with van der Waals surface area (Å²) in [5.74, 6) is -1.62. The van der Waals surface area contributed by atoms with E-state index in [1.807, 2.05) is 0 Å². The van der Waals surface area contributed by atoms with Crippen LogP contribution in [0.5, 0.6) is 0 Å². The Kier molecular flexibility index (Phi) is 3.29. The normalized spacial score (nSPS) is 20.0. The molecular formula is C12H13F2NO. The standard InChI is InChI=1S/C12H13F2NO/c13-9-4-8(5-10(14)6-9)12(16)7-11-2-1-3-15-11/h4-6,11,15H,1-3,7H2. The molecule has 0 aliphatic carbocycles. The van der Waals surface area contributed by atoms with Crippen molar-refractivity contribution >= 4 is 5.78 Å². The highest BCUT2D eigenvalue weighted by molar-refractivity contribution is 5.96. The van der Waals surface area contributed by atoms with Crippen LogP contribution in [0.3, 0.4) is 0 Å². The molecular weight excluding hydrogens is 212 g/mol. The number of rotatable bonds is 3. The SMILES string of the molecule is O=C(CC1CCCN1)c1cc(F)cc(F)c1. The Morgan fingerprint density at radius 1 is 1.31 bits per heavy atom. The van der Waals surface area contributed by atoms with Crippen molar-refractivity contribution in [1.82, 2.24) is 5.32 Å². The van der Waals surface area contributed by atoms with Crippen LogP contribution < -0.4 is 5.32 Å². The molecule has 0 radical (unpaired) electrons. The Morgan fingerprint density at radius 2 is 2.00 bits per heavy atom. The number of hydrogen-bond acceptors (Lipinski definition) is 2. The van der Waals surface area contributed by atoms with E-state index >= 15 is 0 Å². The molecule has 1 aromatic rings. The van der Waals surface area contributed by atoms with Gasteiger partial charge in [0.25, 0.3) is 0 Å². The molecule has 2 rings (SSSR count). The summed E-state index contributed by atoms with van der Waals surface area (Å²) in [5.41, 5.74) is 0.117. The molecule has 1 saturated heterocycles. The smallest absolute Gasteiger partial charge is 0.164 e. The zero-order valence-electron chi connectivity index (χ0n) is 8.80. The third kappa shape index (κ3) is 2.64. The van der Waals surface area contributed by atoms with Crippen LogP contribution in [0.2, 0.25) is 0 Å². The lowest BCUT2D eigenvalue weighted by molar-refractivity contribution is 0.0970. The molecule has 0 amide bonds. The van der Waals surface area contributed by atoms with E-state index in [2.05, 4.69) is 5.32 Å². The molecule has 1 aromatic carbocycles. The molecule has 2 nitrogen and oxygen atoms in total. The van der Waals surface area contributed by atoms with Gasteiger partial charge in [-0.1, -0.05) is 0 Å². The molecule has 86 valence electrons. The summed E-state index contributed by atoms with van der Waals surface area (Å²) in [6.45, 7) is 0.912. The van der Waals surface area contributed by atoms with Crippen LogP contribution in [0.25, 0.3) is 0 Å². The van der Waals surface area contributed by atoms with Crippen molar-refractivity contribution in [2.24, 2.45) is 0 Å². The maximum Gasteiger partial charge on any atom is 0.164 e. The quantitative estimate of drug-likeness (QED) is 0.800. The molecule has 0 saturated carbocycles. The van der Waals surface area contributed by atoms with Crippen molar-refractivity contribution in [3.8, 4) is 0 Å². The number of hydrogen-bond donors (Lipinski definition) is 1. The van der Waals surface area contributed by atoms with Gasteiger partial charge < -0.3 is 5.32 Å². The van der Waals surface area contributed by atoms with Gasteiger partial charge in [0.05, 0.1) is 0 Å². The van der Waals surface area contributed by atoms with E-state index in [1.54, 1.807) is 0 Å². The van der Waals surface area contributed by atoms with Gasteiger partial charge in [-0.15, -0.1) is 0 Å². The van der Waals surface area contributed by atoms with Crippen molar-refractivity contribution in [3.05, 3.63) is 35.4 Å². The van der Waals surface area contributed by atoms with Gasteiger partial charge in [-0.2, -0.15) is 0 Å². The summed E-state index contributed by atoms with van der Waals surface area (Å²) in [5, 5.41) is 3.18. The number of halogens is 2. The molecule has 1 heterocycles. The van der Waals surface area contributed by atoms with Gasteiger partial charge in [0, 0.05) is 24.1 Å². The molecule has 0 bridgehead atoms. The molecule has 1 fully saturated rings. The average molecular weight is 225 g/mol. The number of nitrogens with one attached hydrogen (secondary N) is 1. The molecule has 4 heteroatoms. The highest BCUT2D eigenvalue weighted by atomic mass is 19.1. The Balaban J connectivity index is 2.07. The molecule has 0 aromatic heterocycles. The first-order chi connectivity index (χ1) is 7.65. The third-order valence-corrected chi connectivity index (χ3v) is 2.78. The van der Waals surface area contributed by atoms with Gasteiger partial charge in [-0.3, -0.25) is 4.79 Å². The molecule has 1 atom stereocenters. The van der Waals surface area contributed by atoms with Gasteiger partial charge >= 0.3 is 0 Å².